The van der Waals surface area contributed by atoms with Gasteiger partial charge >= 0.3 is 0 Å². The van der Waals surface area contributed by atoms with Gasteiger partial charge in [-0.25, -0.2) is 4.39 Å². The van der Waals surface area contributed by atoms with E-state index in [-0.39, 0.29) is 29.2 Å². The van der Waals surface area contributed by atoms with Crippen LogP contribution in [0, 0.1) is 11.7 Å². The minimum Gasteiger partial charge on any atom is -0.369 e. The van der Waals surface area contributed by atoms with Gasteiger partial charge in [-0.3, -0.25) is 14.4 Å². The normalized spacial score (nSPS) is 17.2. The molecule has 0 saturated carbocycles. The van der Waals surface area contributed by atoms with Crippen LogP contribution in [0.2, 0.25) is 0 Å². The number of hydrogen-bond acceptors (Lipinski definition) is 5. The molecule has 43 heavy (non-hydrogen) atoms. The van der Waals surface area contributed by atoms with Crippen molar-refractivity contribution in [1.29, 1.82) is 0 Å². The number of pyridine rings is 1. The molecule has 2 N–H and O–H groups in total. The third kappa shape index (κ3) is 6.67. The number of hydrogen-bond donors (Lipinski definition) is 2. The highest BCUT2D eigenvalue weighted by atomic mass is 32.2. The molecular formula is C34H33FN4O3S. The van der Waals surface area contributed by atoms with E-state index in [2.05, 4.69) is 27.7 Å². The standard InChI is InChI=1S/C34H33FN4O3S/c35-28-12-9-25(10-13-28)34(42)37-29-18-26(33(41)36-15-16-43-22-23-5-2-1-3-6-23)11-14-31(29)38-19-24-17-27(21-38)30-7-4-8-32(40)39(30)20-24/h1-14,18,24,27H,15-17,19-22H2,(H,36,41)(H,37,42). The summed E-state index contributed by atoms with van der Waals surface area (Å²) in [5.41, 5.74) is 4.40. The van der Waals surface area contributed by atoms with Crippen LogP contribution in [-0.2, 0) is 12.3 Å². The van der Waals surface area contributed by atoms with Gasteiger partial charge in [0.1, 0.15) is 5.82 Å². The number of thioether (sulfide) groups is 1. The van der Waals surface area contributed by atoms with E-state index in [0.29, 0.717) is 36.4 Å². The van der Waals surface area contributed by atoms with Gasteiger partial charge < -0.3 is 20.1 Å². The first-order valence-corrected chi connectivity index (χ1v) is 15.7. The van der Waals surface area contributed by atoms with Crippen molar-refractivity contribution in [2.24, 2.45) is 5.92 Å². The molecule has 2 bridgehead atoms. The van der Waals surface area contributed by atoms with Crippen LogP contribution in [0.25, 0.3) is 0 Å². The van der Waals surface area contributed by atoms with E-state index >= 15 is 0 Å². The van der Waals surface area contributed by atoms with E-state index in [1.54, 1.807) is 30.0 Å². The van der Waals surface area contributed by atoms with Gasteiger partial charge in [0.2, 0.25) is 0 Å². The maximum Gasteiger partial charge on any atom is 0.255 e. The van der Waals surface area contributed by atoms with Gasteiger partial charge in [0.05, 0.1) is 11.4 Å². The third-order valence-corrected chi connectivity index (χ3v) is 9.11. The van der Waals surface area contributed by atoms with Gasteiger partial charge in [0.15, 0.2) is 0 Å². The van der Waals surface area contributed by atoms with Crippen LogP contribution in [0.1, 0.15) is 44.3 Å². The second-order valence-corrected chi connectivity index (χ2v) is 12.2. The van der Waals surface area contributed by atoms with Gasteiger partial charge in [-0.1, -0.05) is 36.4 Å². The first-order valence-electron chi connectivity index (χ1n) is 14.5. The molecule has 2 amide bonds. The number of carbonyl (C=O) groups excluding carboxylic acids is 2. The molecule has 2 aliphatic rings. The number of amides is 2. The molecule has 7 nitrogen and oxygen atoms in total. The number of nitrogens with one attached hydrogen (secondary N) is 2. The van der Waals surface area contributed by atoms with E-state index in [4.69, 9.17) is 0 Å². The zero-order chi connectivity index (χ0) is 29.8. The SMILES string of the molecule is O=C(NCCSCc1ccccc1)c1ccc(N2CC3CC(C2)c2cccc(=O)n2C3)c(NC(=O)c2ccc(F)cc2)c1. The number of halogens is 1. The summed E-state index contributed by atoms with van der Waals surface area (Å²) in [6.07, 6.45) is 1.000. The summed E-state index contributed by atoms with van der Waals surface area (Å²) in [7, 11) is 0. The second-order valence-electron chi connectivity index (χ2n) is 11.1. The maximum atomic E-state index is 13.5. The van der Waals surface area contributed by atoms with Crippen LogP contribution in [0.5, 0.6) is 0 Å². The molecule has 220 valence electrons. The Morgan fingerprint density at radius 2 is 1.65 bits per heavy atom. The zero-order valence-corrected chi connectivity index (χ0v) is 24.5. The summed E-state index contributed by atoms with van der Waals surface area (Å²) in [5, 5.41) is 5.98. The predicted octanol–water partition coefficient (Wildman–Crippen LogP) is 5.53. The third-order valence-electron chi connectivity index (χ3n) is 8.08. The molecule has 2 atom stereocenters. The Hall–Kier alpha value is -4.37. The highest BCUT2D eigenvalue weighted by molar-refractivity contribution is 7.98. The molecule has 0 aliphatic carbocycles. The van der Waals surface area contributed by atoms with E-state index in [1.165, 1.54) is 29.8 Å². The predicted molar refractivity (Wildman–Crippen MR) is 169 cm³/mol. The lowest BCUT2D eigenvalue weighted by Crippen LogP contribution is -2.47. The Labute approximate surface area is 254 Å². The Kier molecular flexibility index (Phi) is 8.60. The highest BCUT2D eigenvalue weighted by Gasteiger charge is 2.35. The van der Waals surface area contributed by atoms with Crippen LogP contribution in [-0.4, -0.2) is 41.8 Å². The van der Waals surface area contributed by atoms with Gasteiger partial charge in [-0.05, 0) is 66.4 Å². The van der Waals surface area contributed by atoms with E-state index in [9.17, 15) is 18.8 Å². The smallest absolute Gasteiger partial charge is 0.255 e. The van der Waals surface area contributed by atoms with Gasteiger partial charge in [-0.15, -0.1) is 0 Å². The second kappa shape index (κ2) is 12.9. The monoisotopic (exact) mass is 596 g/mol. The molecule has 0 radical (unpaired) electrons. The van der Waals surface area contributed by atoms with Crippen LogP contribution >= 0.6 is 11.8 Å². The molecule has 1 saturated heterocycles. The molecule has 1 fully saturated rings. The van der Waals surface area contributed by atoms with Crippen molar-refractivity contribution < 1.29 is 14.0 Å². The minimum absolute atomic E-state index is 0.0294. The Morgan fingerprint density at radius 3 is 2.47 bits per heavy atom. The number of rotatable bonds is 9. The largest absolute Gasteiger partial charge is 0.369 e. The highest BCUT2D eigenvalue weighted by Crippen LogP contribution is 2.39. The van der Waals surface area contributed by atoms with Gasteiger partial charge in [0.25, 0.3) is 17.4 Å². The summed E-state index contributed by atoms with van der Waals surface area (Å²) in [5.74, 6) is 1.09. The van der Waals surface area contributed by atoms with Crippen LogP contribution in [0.3, 0.4) is 0 Å². The van der Waals surface area contributed by atoms with Crippen molar-refractivity contribution in [3.8, 4) is 0 Å². The molecule has 4 aromatic rings. The zero-order valence-electron chi connectivity index (χ0n) is 23.7. The number of carbonyl (C=O) groups is 2. The van der Waals surface area contributed by atoms with Crippen molar-refractivity contribution in [3.05, 3.63) is 130 Å². The molecule has 3 aromatic carbocycles. The lowest BCUT2D eigenvalue weighted by molar-refractivity contribution is 0.0954. The number of piperidine rings is 1. The maximum absolute atomic E-state index is 13.5. The lowest BCUT2D eigenvalue weighted by atomic mass is 9.83. The molecule has 3 heterocycles. The summed E-state index contributed by atoms with van der Waals surface area (Å²) >= 11 is 1.75. The fraction of sp³-hybridized carbons (Fsp3) is 0.265. The van der Waals surface area contributed by atoms with Crippen LogP contribution in [0.4, 0.5) is 15.8 Å². The number of fused-ring (bicyclic) bond motifs is 4. The van der Waals surface area contributed by atoms with E-state index in [0.717, 1.165) is 35.9 Å². The van der Waals surface area contributed by atoms with Gasteiger partial charge in [-0.2, -0.15) is 11.8 Å². The number of anilines is 2. The summed E-state index contributed by atoms with van der Waals surface area (Å²) in [4.78, 5) is 41.1. The van der Waals surface area contributed by atoms with Crippen molar-refractivity contribution in [3.63, 3.8) is 0 Å². The molecule has 9 heteroatoms. The average Bonchev–Trinajstić information content (AvgIpc) is 3.02. The molecule has 6 rings (SSSR count). The quantitative estimate of drug-likeness (QED) is 0.249. The van der Waals surface area contributed by atoms with E-state index in [1.807, 2.05) is 41.0 Å². The molecule has 2 aliphatic heterocycles. The molecule has 1 aromatic heterocycles. The Bertz CT molecular complexity index is 1680. The first-order chi connectivity index (χ1) is 20.9. The first kappa shape index (κ1) is 28.7. The summed E-state index contributed by atoms with van der Waals surface area (Å²) < 4.78 is 15.4. The Morgan fingerprint density at radius 1 is 0.860 bits per heavy atom. The Balaban J connectivity index is 1.20. The minimum atomic E-state index is -0.419. The molecule has 0 spiro atoms. The number of aromatic nitrogens is 1. The van der Waals surface area contributed by atoms with Crippen molar-refractivity contribution >= 4 is 35.0 Å². The summed E-state index contributed by atoms with van der Waals surface area (Å²) in [6, 6.07) is 26.4. The molecule has 2 unspecified atom stereocenters. The van der Waals surface area contributed by atoms with Crippen molar-refractivity contribution in [2.75, 3.05) is 35.6 Å². The fourth-order valence-electron chi connectivity index (χ4n) is 6.05. The topological polar surface area (TPSA) is 83.4 Å². The fourth-order valence-corrected chi connectivity index (χ4v) is 6.86. The number of nitrogens with zero attached hydrogens (tertiary/aromatic N) is 2. The van der Waals surface area contributed by atoms with Gasteiger partial charge in [0, 0.05) is 66.5 Å². The van der Waals surface area contributed by atoms with Crippen molar-refractivity contribution in [2.45, 2.75) is 24.6 Å². The molecular weight excluding hydrogens is 563 g/mol. The van der Waals surface area contributed by atoms with Crippen LogP contribution < -0.4 is 21.1 Å². The van der Waals surface area contributed by atoms with E-state index < -0.39 is 5.82 Å². The van der Waals surface area contributed by atoms with Crippen LogP contribution in [0.15, 0.2) is 95.8 Å². The average molecular weight is 597 g/mol. The lowest BCUT2D eigenvalue weighted by Gasteiger charge is -2.44. The number of benzene rings is 3. The van der Waals surface area contributed by atoms with Crippen molar-refractivity contribution in [1.82, 2.24) is 9.88 Å². The summed E-state index contributed by atoms with van der Waals surface area (Å²) in [6.45, 7) is 2.58.